The second-order valence-electron chi connectivity index (χ2n) is 4.37. The Labute approximate surface area is 96.5 Å². The highest BCUT2D eigenvalue weighted by molar-refractivity contribution is 7.11. The third-order valence-electron chi connectivity index (χ3n) is 2.32. The van der Waals surface area contributed by atoms with E-state index in [-0.39, 0.29) is 0 Å². The number of aromatic nitrogens is 1. The minimum absolute atomic E-state index is 0.413. The molecule has 0 aliphatic carbocycles. The van der Waals surface area contributed by atoms with Gasteiger partial charge in [-0.3, -0.25) is 4.99 Å². The third-order valence-corrected chi connectivity index (χ3v) is 3.20. The first-order chi connectivity index (χ1) is 7.09. The van der Waals surface area contributed by atoms with E-state index in [9.17, 15) is 0 Å². The molecule has 0 aromatic carbocycles. The second kappa shape index (κ2) is 6.01. The number of hydrogen-bond acceptors (Lipinski definition) is 3. The van der Waals surface area contributed by atoms with E-state index in [0.717, 1.165) is 16.6 Å². The van der Waals surface area contributed by atoms with Crippen LogP contribution in [-0.2, 0) is 0 Å². The summed E-state index contributed by atoms with van der Waals surface area (Å²) in [5, 5.41) is 3.04. The van der Waals surface area contributed by atoms with Gasteiger partial charge in [0.05, 0.1) is 5.71 Å². The lowest BCUT2D eigenvalue weighted by atomic mass is 10.0. The number of rotatable bonds is 5. The molecule has 1 rings (SSSR count). The molecule has 0 radical (unpaired) electrons. The highest BCUT2D eigenvalue weighted by atomic mass is 32.1. The Bertz CT molecular complexity index is 301. The van der Waals surface area contributed by atoms with Crippen molar-refractivity contribution in [3.05, 3.63) is 16.6 Å². The van der Waals surface area contributed by atoms with Crippen LogP contribution in [0, 0.1) is 5.92 Å². The summed E-state index contributed by atoms with van der Waals surface area (Å²) in [5.74, 6) is 0.766. The fourth-order valence-electron chi connectivity index (χ4n) is 1.43. The van der Waals surface area contributed by atoms with E-state index in [2.05, 4.69) is 30.7 Å². The van der Waals surface area contributed by atoms with E-state index in [4.69, 9.17) is 0 Å². The zero-order chi connectivity index (χ0) is 11.3. The van der Waals surface area contributed by atoms with E-state index < -0.39 is 0 Å². The van der Waals surface area contributed by atoms with Crippen LogP contribution >= 0.6 is 11.3 Å². The van der Waals surface area contributed by atoms with Crippen LogP contribution in [0.2, 0.25) is 0 Å². The maximum absolute atomic E-state index is 4.66. The quantitative estimate of drug-likeness (QED) is 0.699. The lowest BCUT2D eigenvalue weighted by molar-refractivity contribution is 0.515. The van der Waals surface area contributed by atoms with Crippen molar-refractivity contribution in [2.45, 2.75) is 46.6 Å². The second-order valence-corrected chi connectivity index (χ2v) is 5.27. The smallest absolute Gasteiger partial charge is 0.136 e. The number of thiazole rings is 1. The van der Waals surface area contributed by atoms with Crippen LogP contribution < -0.4 is 0 Å². The molecule has 0 saturated carbocycles. The monoisotopic (exact) mass is 224 g/mol. The van der Waals surface area contributed by atoms with Crippen molar-refractivity contribution in [2.75, 3.05) is 0 Å². The Kier molecular flexibility index (Phi) is 4.95. The molecule has 1 atom stereocenters. The summed E-state index contributed by atoms with van der Waals surface area (Å²) in [6, 6.07) is 0.413. The van der Waals surface area contributed by atoms with Gasteiger partial charge >= 0.3 is 0 Å². The third kappa shape index (κ3) is 4.56. The van der Waals surface area contributed by atoms with Crippen molar-refractivity contribution in [3.8, 4) is 0 Å². The first kappa shape index (κ1) is 12.4. The molecule has 1 heterocycles. The Balaban J connectivity index is 2.48. The van der Waals surface area contributed by atoms with Gasteiger partial charge in [-0.1, -0.05) is 13.8 Å². The molecule has 0 fully saturated rings. The molecule has 0 spiro atoms. The number of hydrogen-bond donors (Lipinski definition) is 0. The maximum atomic E-state index is 4.66. The van der Waals surface area contributed by atoms with Gasteiger partial charge in [-0.2, -0.15) is 0 Å². The maximum Gasteiger partial charge on any atom is 0.136 e. The van der Waals surface area contributed by atoms with E-state index >= 15 is 0 Å². The molecule has 0 bridgehead atoms. The van der Waals surface area contributed by atoms with Crippen LogP contribution in [0.5, 0.6) is 0 Å². The summed E-state index contributed by atoms with van der Waals surface area (Å²) in [4.78, 5) is 8.91. The fourth-order valence-corrected chi connectivity index (χ4v) is 2.02. The van der Waals surface area contributed by atoms with Gasteiger partial charge in [0.2, 0.25) is 0 Å². The van der Waals surface area contributed by atoms with Crippen LogP contribution in [-0.4, -0.2) is 16.7 Å². The molecule has 0 aliphatic rings. The van der Waals surface area contributed by atoms with Crippen molar-refractivity contribution in [1.82, 2.24) is 4.98 Å². The molecule has 3 heteroatoms. The normalized spacial score (nSPS) is 14.6. The van der Waals surface area contributed by atoms with E-state index in [1.807, 2.05) is 18.5 Å². The predicted molar refractivity (Wildman–Crippen MR) is 67.9 cm³/mol. The van der Waals surface area contributed by atoms with Crippen molar-refractivity contribution in [2.24, 2.45) is 10.9 Å². The van der Waals surface area contributed by atoms with Crippen LogP contribution in [0.3, 0.4) is 0 Å². The SMILES string of the molecule is CC(=NC(C)CCC(C)C)c1nccs1. The minimum Gasteiger partial charge on any atom is -0.284 e. The largest absolute Gasteiger partial charge is 0.284 e. The Morgan fingerprint density at radius 1 is 1.40 bits per heavy atom. The Morgan fingerprint density at radius 3 is 2.67 bits per heavy atom. The van der Waals surface area contributed by atoms with Crippen molar-refractivity contribution >= 4 is 17.0 Å². The Hall–Kier alpha value is -0.700. The summed E-state index contributed by atoms with van der Waals surface area (Å²) >= 11 is 1.66. The van der Waals surface area contributed by atoms with Gasteiger partial charge in [0, 0.05) is 17.6 Å². The standard InChI is InChI=1S/C12H20N2S/c1-9(2)5-6-10(3)14-11(4)12-13-7-8-15-12/h7-10H,5-6H2,1-4H3. The highest BCUT2D eigenvalue weighted by Gasteiger charge is 2.04. The van der Waals surface area contributed by atoms with Crippen molar-refractivity contribution in [1.29, 1.82) is 0 Å². The van der Waals surface area contributed by atoms with Gasteiger partial charge in [-0.15, -0.1) is 11.3 Å². The first-order valence-electron chi connectivity index (χ1n) is 5.54. The fraction of sp³-hybridized carbons (Fsp3) is 0.667. The van der Waals surface area contributed by atoms with Crippen LogP contribution in [0.4, 0.5) is 0 Å². The van der Waals surface area contributed by atoms with Gasteiger partial charge in [0.1, 0.15) is 5.01 Å². The van der Waals surface area contributed by atoms with Gasteiger partial charge in [0.15, 0.2) is 0 Å². The molecular weight excluding hydrogens is 204 g/mol. The molecule has 1 aromatic rings. The van der Waals surface area contributed by atoms with E-state index in [0.29, 0.717) is 6.04 Å². The van der Waals surface area contributed by atoms with E-state index in [1.54, 1.807) is 11.3 Å². The summed E-state index contributed by atoms with van der Waals surface area (Å²) in [6.45, 7) is 8.73. The molecule has 1 unspecified atom stereocenters. The molecule has 0 aliphatic heterocycles. The molecule has 0 amide bonds. The first-order valence-corrected chi connectivity index (χ1v) is 6.41. The van der Waals surface area contributed by atoms with E-state index in [1.165, 1.54) is 12.8 Å². The van der Waals surface area contributed by atoms with Crippen LogP contribution in [0.1, 0.15) is 45.5 Å². The lowest BCUT2D eigenvalue weighted by Gasteiger charge is -2.09. The van der Waals surface area contributed by atoms with Gasteiger partial charge in [0.25, 0.3) is 0 Å². The van der Waals surface area contributed by atoms with Gasteiger partial charge < -0.3 is 0 Å². The average Bonchev–Trinajstić information content (AvgIpc) is 2.67. The molecule has 84 valence electrons. The molecule has 15 heavy (non-hydrogen) atoms. The average molecular weight is 224 g/mol. The predicted octanol–water partition coefficient (Wildman–Crippen LogP) is 3.78. The summed E-state index contributed by atoms with van der Waals surface area (Å²) in [6.07, 6.45) is 4.24. The zero-order valence-corrected chi connectivity index (χ0v) is 10.8. The van der Waals surface area contributed by atoms with Crippen molar-refractivity contribution in [3.63, 3.8) is 0 Å². The summed E-state index contributed by atoms with van der Waals surface area (Å²) in [5.41, 5.74) is 1.07. The number of aliphatic imine (C=N–C) groups is 1. The molecule has 0 saturated heterocycles. The van der Waals surface area contributed by atoms with Crippen molar-refractivity contribution < 1.29 is 0 Å². The molecule has 0 N–H and O–H groups in total. The van der Waals surface area contributed by atoms with Gasteiger partial charge in [-0.05, 0) is 32.6 Å². The van der Waals surface area contributed by atoms with Gasteiger partial charge in [-0.25, -0.2) is 4.98 Å². The minimum atomic E-state index is 0.413. The topological polar surface area (TPSA) is 25.2 Å². The van der Waals surface area contributed by atoms with Crippen LogP contribution in [0.15, 0.2) is 16.6 Å². The summed E-state index contributed by atoms with van der Waals surface area (Å²) in [7, 11) is 0. The molecule has 1 aromatic heterocycles. The molecule has 2 nitrogen and oxygen atoms in total. The highest BCUT2D eigenvalue weighted by Crippen LogP contribution is 2.12. The number of nitrogens with zero attached hydrogens (tertiary/aromatic N) is 2. The lowest BCUT2D eigenvalue weighted by Crippen LogP contribution is -2.05. The zero-order valence-electron chi connectivity index (χ0n) is 10.0. The Morgan fingerprint density at radius 2 is 2.13 bits per heavy atom. The summed E-state index contributed by atoms with van der Waals surface area (Å²) < 4.78 is 0. The molecular formula is C12H20N2S. The van der Waals surface area contributed by atoms with Crippen LogP contribution in [0.25, 0.3) is 0 Å².